The van der Waals surface area contributed by atoms with E-state index in [0.29, 0.717) is 11.2 Å². The second kappa shape index (κ2) is 5.42. The molecule has 5 unspecified atom stereocenters. The standard InChI is InChI=1S/C11H14N5O5PS/c1-18-22(23)19-2-5-8(21-22)7(17)11(20-5)16-4-15-6-9(12)13-3-14-10(6)16/h3-5,7-8,11,17H,2H2,1H3,(H2,12,13,14). The maximum absolute atomic E-state index is 10.6. The van der Waals surface area contributed by atoms with Crippen LogP contribution in [-0.2, 0) is 30.1 Å². The number of anilines is 1. The number of aromatic nitrogens is 4. The fourth-order valence-electron chi connectivity index (χ4n) is 2.71. The van der Waals surface area contributed by atoms with Crippen molar-refractivity contribution >= 4 is 35.5 Å². The molecule has 0 saturated carbocycles. The quantitative estimate of drug-likeness (QED) is 0.705. The highest BCUT2D eigenvalue weighted by atomic mass is 32.5. The molecule has 2 aromatic heterocycles. The normalized spacial score (nSPS) is 37.1. The summed E-state index contributed by atoms with van der Waals surface area (Å²) in [6, 6.07) is 0. The molecule has 2 aliphatic heterocycles. The number of rotatable bonds is 2. The molecule has 124 valence electrons. The second-order valence-corrected chi connectivity index (χ2v) is 8.20. The van der Waals surface area contributed by atoms with Crippen LogP contribution >= 0.6 is 6.72 Å². The van der Waals surface area contributed by atoms with E-state index in [1.807, 2.05) is 0 Å². The Morgan fingerprint density at radius 1 is 1.48 bits per heavy atom. The molecule has 5 atom stereocenters. The van der Waals surface area contributed by atoms with Gasteiger partial charge in [-0.1, -0.05) is 0 Å². The Morgan fingerprint density at radius 3 is 3.09 bits per heavy atom. The number of aliphatic hydroxyl groups excluding tert-OH is 1. The predicted molar refractivity (Wildman–Crippen MR) is 81.8 cm³/mol. The lowest BCUT2D eigenvalue weighted by Gasteiger charge is -2.32. The summed E-state index contributed by atoms with van der Waals surface area (Å²) < 4.78 is 23.6. The maximum Gasteiger partial charge on any atom is 0.327 e. The van der Waals surface area contributed by atoms with Crippen LogP contribution in [0.3, 0.4) is 0 Å². The van der Waals surface area contributed by atoms with Crippen LogP contribution < -0.4 is 5.73 Å². The van der Waals surface area contributed by atoms with Crippen molar-refractivity contribution in [3.8, 4) is 0 Å². The summed E-state index contributed by atoms with van der Waals surface area (Å²) >= 11 is 5.19. The van der Waals surface area contributed by atoms with E-state index in [2.05, 4.69) is 15.0 Å². The number of imidazole rings is 1. The summed E-state index contributed by atoms with van der Waals surface area (Å²) in [5.41, 5.74) is 6.68. The zero-order chi connectivity index (χ0) is 16.2. The lowest BCUT2D eigenvalue weighted by atomic mass is 10.1. The highest BCUT2D eigenvalue weighted by Gasteiger charge is 2.51. The molecule has 0 aliphatic carbocycles. The average molecular weight is 359 g/mol. The van der Waals surface area contributed by atoms with Crippen LogP contribution in [0.1, 0.15) is 6.23 Å². The fraction of sp³-hybridized carbons (Fsp3) is 0.545. The van der Waals surface area contributed by atoms with Crippen molar-refractivity contribution in [3.05, 3.63) is 12.7 Å². The third-order valence-corrected chi connectivity index (χ3v) is 6.28. The topological polar surface area (TPSA) is 127 Å². The summed E-state index contributed by atoms with van der Waals surface area (Å²) in [5, 5.41) is 10.6. The minimum absolute atomic E-state index is 0.188. The van der Waals surface area contributed by atoms with E-state index in [0.717, 1.165) is 0 Å². The molecule has 23 heavy (non-hydrogen) atoms. The summed E-state index contributed by atoms with van der Waals surface area (Å²) in [5.74, 6) is 0.258. The van der Waals surface area contributed by atoms with Gasteiger partial charge in [0.2, 0.25) is 0 Å². The maximum atomic E-state index is 10.6. The first-order valence-electron chi connectivity index (χ1n) is 6.77. The average Bonchev–Trinajstić information content (AvgIpc) is 3.10. The van der Waals surface area contributed by atoms with E-state index in [4.69, 9.17) is 35.8 Å². The van der Waals surface area contributed by atoms with Gasteiger partial charge in [-0.05, 0) is 11.8 Å². The van der Waals surface area contributed by atoms with Gasteiger partial charge in [0.15, 0.2) is 17.7 Å². The van der Waals surface area contributed by atoms with Gasteiger partial charge in [0, 0.05) is 7.11 Å². The molecule has 12 heteroatoms. The van der Waals surface area contributed by atoms with Crippen LogP contribution in [0.4, 0.5) is 5.82 Å². The molecule has 0 spiro atoms. The highest BCUT2D eigenvalue weighted by molar-refractivity contribution is 8.07. The number of fused-ring (bicyclic) bond motifs is 2. The lowest BCUT2D eigenvalue weighted by Crippen LogP contribution is -2.39. The van der Waals surface area contributed by atoms with Crippen LogP contribution in [0, 0.1) is 0 Å². The summed E-state index contributed by atoms with van der Waals surface area (Å²) in [7, 11) is 1.42. The molecule has 3 N–H and O–H groups in total. The van der Waals surface area contributed by atoms with Gasteiger partial charge in [-0.15, -0.1) is 0 Å². The smallest absolute Gasteiger partial charge is 0.327 e. The van der Waals surface area contributed by atoms with Crippen molar-refractivity contribution in [3.63, 3.8) is 0 Å². The SMILES string of the molecule is COP1(=S)OCC2OC(n3cnc4c(N)ncnc43)C(O)C2O1. The van der Waals surface area contributed by atoms with Gasteiger partial charge in [0.25, 0.3) is 0 Å². The third kappa shape index (κ3) is 2.36. The van der Waals surface area contributed by atoms with Crippen LogP contribution in [0.5, 0.6) is 0 Å². The van der Waals surface area contributed by atoms with Crippen molar-refractivity contribution in [2.75, 3.05) is 19.5 Å². The molecular weight excluding hydrogens is 345 g/mol. The fourth-order valence-corrected chi connectivity index (χ4v) is 4.33. The molecule has 0 radical (unpaired) electrons. The van der Waals surface area contributed by atoms with E-state index in [1.165, 1.54) is 19.8 Å². The van der Waals surface area contributed by atoms with Crippen LogP contribution in [0.15, 0.2) is 12.7 Å². The van der Waals surface area contributed by atoms with Gasteiger partial charge < -0.3 is 24.6 Å². The summed E-state index contributed by atoms with van der Waals surface area (Å²) in [4.78, 5) is 12.2. The molecular formula is C11H14N5O5PS. The Labute approximate surface area is 135 Å². The van der Waals surface area contributed by atoms with Gasteiger partial charge in [0.1, 0.15) is 30.2 Å². The largest absolute Gasteiger partial charge is 0.386 e. The predicted octanol–water partition coefficient (Wildman–Crippen LogP) is -0.0469. The van der Waals surface area contributed by atoms with E-state index >= 15 is 0 Å². The number of hydrogen-bond donors (Lipinski definition) is 2. The first-order chi connectivity index (χ1) is 11.0. The van der Waals surface area contributed by atoms with E-state index < -0.39 is 31.3 Å². The summed E-state index contributed by atoms with van der Waals surface area (Å²) in [6.45, 7) is -2.65. The first kappa shape index (κ1) is 15.3. The Hall–Kier alpha value is -1.20. The number of nitrogens with zero attached hydrogens (tertiary/aromatic N) is 4. The van der Waals surface area contributed by atoms with Crippen molar-refractivity contribution in [1.82, 2.24) is 19.5 Å². The number of nitrogen functional groups attached to an aromatic ring is 1. The number of hydrogen-bond acceptors (Lipinski definition) is 10. The van der Waals surface area contributed by atoms with Crippen molar-refractivity contribution in [2.24, 2.45) is 0 Å². The molecule has 10 nitrogen and oxygen atoms in total. The Morgan fingerprint density at radius 2 is 2.30 bits per heavy atom. The van der Waals surface area contributed by atoms with E-state index in [1.54, 1.807) is 4.57 Å². The van der Waals surface area contributed by atoms with Crippen molar-refractivity contribution in [1.29, 1.82) is 0 Å². The summed E-state index contributed by atoms with van der Waals surface area (Å²) in [6.07, 6.45) is -0.00162. The molecule has 2 saturated heterocycles. The highest BCUT2D eigenvalue weighted by Crippen LogP contribution is 2.56. The number of aliphatic hydroxyl groups is 1. The first-order valence-corrected chi connectivity index (χ1v) is 9.33. The van der Waals surface area contributed by atoms with Gasteiger partial charge in [-0.3, -0.25) is 9.09 Å². The van der Waals surface area contributed by atoms with Crippen molar-refractivity contribution < 1.29 is 23.4 Å². The molecule has 0 amide bonds. The molecule has 4 heterocycles. The zero-order valence-corrected chi connectivity index (χ0v) is 13.7. The van der Waals surface area contributed by atoms with Crippen LogP contribution in [0.2, 0.25) is 0 Å². The van der Waals surface area contributed by atoms with Gasteiger partial charge in [0.05, 0.1) is 12.9 Å². The number of ether oxygens (including phenoxy) is 1. The Balaban J connectivity index is 1.68. The van der Waals surface area contributed by atoms with Crippen LogP contribution in [-0.4, -0.2) is 56.7 Å². The Bertz CT molecular complexity index is 802. The van der Waals surface area contributed by atoms with Crippen molar-refractivity contribution in [2.45, 2.75) is 24.5 Å². The van der Waals surface area contributed by atoms with Gasteiger partial charge in [-0.25, -0.2) is 15.0 Å². The minimum Gasteiger partial charge on any atom is -0.386 e. The van der Waals surface area contributed by atoms with Crippen LogP contribution in [0.25, 0.3) is 11.2 Å². The minimum atomic E-state index is -2.84. The molecule has 0 bridgehead atoms. The third-order valence-electron chi connectivity index (χ3n) is 3.84. The van der Waals surface area contributed by atoms with E-state index in [9.17, 15) is 5.11 Å². The lowest BCUT2D eigenvalue weighted by molar-refractivity contribution is -0.0606. The van der Waals surface area contributed by atoms with E-state index in [-0.39, 0.29) is 12.4 Å². The molecule has 4 rings (SSSR count). The number of nitrogens with two attached hydrogens (primary N) is 1. The van der Waals surface area contributed by atoms with Gasteiger partial charge in [-0.2, -0.15) is 0 Å². The second-order valence-electron chi connectivity index (χ2n) is 5.13. The monoisotopic (exact) mass is 359 g/mol. The molecule has 2 aromatic rings. The molecule has 0 aromatic carbocycles. The molecule has 2 aliphatic rings. The molecule has 2 fully saturated rings. The van der Waals surface area contributed by atoms with Gasteiger partial charge >= 0.3 is 6.72 Å². The zero-order valence-electron chi connectivity index (χ0n) is 12.0. The Kier molecular flexibility index (Phi) is 3.61.